The smallest absolute Gasteiger partial charge is 0.254 e. The number of carbonyl (C=O) groups excluding carboxylic acids is 1. The van der Waals surface area contributed by atoms with Crippen LogP contribution in [0.5, 0.6) is 0 Å². The Balaban J connectivity index is 2.14. The SMILES string of the molecule is Nc1cc(C(=O)NC2CCCC2CO)c(F)cc1F. The number of anilines is 1. The largest absolute Gasteiger partial charge is 0.396 e. The van der Waals surface area contributed by atoms with Crippen molar-refractivity contribution in [3.63, 3.8) is 0 Å². The van der Waals surface area contributed by atoms with Gasteiger partial charge in [0.2, 0.25) is 0 Å². The van der Waals surface area contributed by atoms with Crippen molar-refractivity contribution in [1.82, 2.24) is 5.32 Å². The van der Waals surface area contributed by atoms with Crippen molar-refractivity contribution in [2.45, 2.75) is 25.3 Å². The van der Waals surface area contributed by atoms with Crippen LogP contribution in [0.2, 0.25) is 0 Å². The number of hydrogen-bond acceptors (Lipinski definition) is 3. The van der Waals surface area contributed by atoms with Crippen LogP contribution in [0.25, 0.3) is 0 Å². The number of halogens is 2. The van der Waals surface area contributed by atoms with E-state index in [-0.39, 0.29) is 29.8 Å². The number of aliphatic hydroxyl groups is 1. The van der Waals surface area contributed by atoms with Gasteiger partial charge in [0.1, 0.15) is 11.6 Å². The van der Waals surface area contributed by atoms with Gasteiger partial charge in [-0.25, -0.2) is 8.78 Å². The molecule has 0 heterocycles. The van der Waals surface area contributed by atoms with Crippen LogP contribution < -0.4 is 11.1 Å². The van der Waals surface area contributed by atoms with Gasteiger partial charge in [0.15, 0.2) is 0 Å². The first-order valence-electron chi connectivity index (χ1n) is 6.19. The minimum absolute atomic E-state index is 0.00944. The van der Waals surface area contributed by atoms with Crippen LogP contribution in [0.4, 0.5) is 14.5 Å². The summed E-state index contributed by atoms with van der Waals surface area (Å²) in [5, 5.41) is 11.8. The molecule has 0 aromatic heterocycles. The third-order valence-electron chi connectivity index (χ3n) is 3.54. The monoisotopic (exact) mass is 270 g/mol. The number of amides is 1. The summed E-state index contributed by atoms with van der Waals surface area (Å²) in [4.78, 5) is 11.9. The molecule has 0 radical (unpaired) electrons. The molecule has 0 spiro atoms. The Morgan fingerprint density at radius 2 is 2.11 bits per heavy atom. The van der Waals surface area contributed by atoms with Crippen molar-refractivity contribution in [2.75, 3.05) is 12.3 Å². The summed E-state index contributed by atoms with van der Waals surface area (Å²) in [6, 6.07) is 1.41. The number of rotatable bonds is 3. The predicted molar refractivity (Wildman–Crippen MR) is 66.5 cm³/mol. The summed E-state index contributed by atoms with van der Waals surface area (Å²) in [6.45, 7) is -0.0149. The highest BCUT2D eigenvalue weighted by atomic mass is 19.1. The fraction of sp³-hybridized carbons (Fsp3) is 0.462. The summed E-state index contributed by atoms with van der Waals surface area (Å²) < 4.78 is 26.5. The Morgan fingerprint density at radius 1 is 1.37 bits per heavy atom. The van der Waals surface area contributed by atoms with Gasteiger partial charge in [-0.15, -0.1) is 0 Å². The minimum atomic E-state index is -0.942. The van der Waals surface area contributed by atoms with Gasteiger partial charge in [0, 0.05) is 24.6 Å². The molecule has 1 aliphatic rings. The standard InChI is InChI=1S/C13H16F2N2O2/c14-9-5-10(15)11(16)4-8(9)13(19)17-12-3-1-2-7(12)6-18/h4-5,7,12,18H,1-3,6,16H2,(H,17,19). The lowest BCUT2D eigenvalue weighted by atomic mass is 10.0. The predicted octanol–water partition coefficient (Wildman–Crippen LogP) is 1.44. The highest BCUT2D eigenvalue weighted by Crippen LogP contribution is 2.26. The zero-order chi connectivity index (χ0) is 14.0. The topological polar surface area (TPSA) is 75.4 Å². The molecule has 6 heteroatoms. The van der Waals surface area contributed by atoms with Crippen molar-refractivity contribution in [3.8, 4) is 0 Å². The fourth-order valence-electron chi connectivity index (χ4n) is 2.43. The second-order valence-electron chi connectivity index (χ2n) is 4.81. The van der Waals surface area contributed by atoms with Crippen molar-refractivity contribution >= 4 is 11.6 Å². The molecule has 2 atom stereocenters. The zero-order valence-corrected chi connectivity index (χ0v) is 10.3. The average Bonchev–Trinajstić information content (AvgIpc) is 2.80. The number of benzene rings is 1. The van der Waals surface area contributed by atoms with E-state index in [0.717, 1.165) is 25.3 Å². The first-order valence-corrected chi connectivity index (χ1v) is 6.19. The van der Waals surface area contributed by atoms with Crippen molar-refractivity contribution < 1.29 is 18.7 Å². The third-order valence-corrected chi connectivity index (χ3v) is 3.54. The number of nitrogens with one attached hydrogen (secondary N) is 1. The first kappa shape index (κ1) is 13.7. The summed E-state index contributed by atoms with van der Waals surface area (Å²) in [7, 11) is 0. The summed E-state index contributed by atoms with van der Waals surface area (Å²) in [6.07, 6.45) is 2.48. The zero-order valence-electron chi connectivity index (χ0n) is 10.3. The molecule has 4 N–H and O–H groups in total. The summed E-state index contributed by atoms with van der Waals surface area (Å²) in [5.74, 6) is -2.47. The Morgan fingerprint density at radius 3 is 2.79 bits per heavy atom. The lowest BCUT2D eigenvalue weighted by molar-refractivity contribution is 0.0912. The van der Waals surface area contributed by atoms with Gasteiger partial charge in [0.25, 0.3) is 5.91 Å². The van der Waals surface area contributed by atoms with Crippen LogP contribution in [0.3, 0.4) is 0 Å². The molecule has 0 aliphatic heterocycles. The second-order valence-corrected chi connectivity index (χ2v) is 4.81. The van der Waals surface area contributed by atoms with E-state index < -0.39 is 17.5 Å². The number of nitrogens with two attached hydrogens (primary N) is 1. The highest BCUT2D eigenvalue weighted by molar-refractivity contribution is 5.95. The van der Waals surface area contributed by atoms with Crippen molar-refractivity contribution in [3.05, 3.63) is 29.3 Å². The maximum Gasteiger partial charge on any atom is 0.254 e. The number of aliphatic hydroxyl groups excluding tert-OH is 1. The van der Waals surface area contributed by atoms with E-state index in [1.54, 1.807) is 0 Å². The van der Waals surface area contributed by atoms with Crippen molar-refractivity contribution in [2.24, 2.45) is 5.92 Å². The van der Waals surface area contributed by atoms with Gasteiger partial charge in [-0.2, -0.15) is 0 Å². The van der Waals surface area contributed by atoms with Crippen LogP contribution >= 0.6 is 0 Å². The van der Waals surface area contributed by atoms with Gasteiger partial charge in [-0.3, -0.25) is 4.79 Å². The lowest BCUT2D eigenvalue weighted by Crippen LogP contribution is -2.39. The lowest BCUT2D eigenvalue weighted by Gasteiger charge is -2.19. The van der Waals surface area contributed by atoms with Crippen LogP contribution in [-0.2, 0) is 0 Å². The highest BCUT2D eigenvalue weighted by Gasteiger charge is 2.29. The Bertz CT molecular complexity index is 494. The third kappa shape index (κ3) is 2.84. The van der Waals surface area contributed by atoms with Gasteiger partial charge in [-0.05, 0) is 18.9 Å². The molecule has 1 aliphatic carbocycles. The van der Waals surface area contributed by atoms with Crippen LogP contribution in [0.1, 0.15) is 29.6 Å². The van der Waals surface area contributed by atoms with E-state index in [9.17, 15) is 13.6 Å². The van der Waals surface area contributed by atoms with E-state index in [1.165, 1.54) is 0 Å². The number of nitrogen functional groups attached to an aromatic ring is 1. The summed E-state index contributed by atoms with van der Waals surface area (Å²) in [5.41, 5.74) is 4.78. The van der Waals surface area contributed by atoms with E-state index in [2.05, 4.69) is 5.32 Å². The van der Waals surface area contributed by atoms with E-state index in [0.29, 0.717) is 6.07 Å². The van der Waals surface area contributed by atoms with Gasteiger partial charge < -0.3 is 16.2 Å². The molecule has 1 fully saturated rings. The van der Waals surface area contributed by atoms with Gasteiger partial charge >= 0.3 is 0 Å². The molecule has 104 valence electrons. The molecule has 2 rings (SSSR count). The van der Waals surface area contributed by atoms with E-state index >= 15 is 0 Å². The van der Waals surface area contributed by atoms with Crippen molar-refractivity contribution in [1.29, 1.82) is 0 Å². The molecule has 0 bridgehead atoms. The normalized spacial score (nSPS) is 22.5. The molecular weight excluding hydrogens is 254 g/mol. The minimum Gasteiger partial charge on any atom is -0.396 e. The second kappa shape index (κ2) is 5.52. The Kier molecular flexibility index (Phi) is 3.99. The molecule has 4 nitrogen and oxygen atoms in total. The fourth-order valence-corrected chi connectivity index (χ4v) is 2.43. The van der Waals surface area contributed by atoms with Crippen LogP contribution in [0, 0.1) is 17.6 Å². The molecule has 2 unspecified atom stereocenters. The first-order chi connectivity index (χ1) is 9.02. The quantitative estimate of drug-likeness (QED) is 0.727. The molecule has 1 saturated carbocycles. The van der Waals surface area contributed by atoms with Gasteiger partial charge in [-0.1, -0.05) is 6.42 Å². The van der Waals surface area contributed by atoms with E-state index in [4.69, 9.17) is 10.8 Å². The summed E-state index contributed by atoms with van der Waals surface area (Å²) >= 11 is 0. The van der Waals surface area contributed by atoms with E-state index in [1.807, 2.05) is 0 Å². The molecule has 0 saturated heterocycles. The maximum absolute atomic E-state index is 13.5. The average molecular weight is 270 g/mol. The molecular formula is C13H16F2N2O2. The van der Waals surface area contributed by atoms with Crippen LogP contribution in [0.15, 0.2) is 12.1 Å². The molecule has 19 heavy (non-hydrogen) atoms. The number of hydrogen-bond donors (Lipinski definition) is 3. The Hall–Kier alpha value is -1.69. The molecule has 1 aromatic carbocycles. The van der Waals surface area contributed by atoms with Gasteiger partial charge in [0.05, 0.1) is 11.3 Å². The maximum atomic E-state index is 13.5. The number of carbonyl (C=O) groups is 1. The Labute approximate surface area is 109 Å². The molecule has 1 amide bonds. The van der Waals surface area contributed by atoms with Crippen LogP contribution in [-0.4, -0.2) is 23.7 Å². The molecule has 1 aromatic rings.